The van der Waals surface area contributed by atoms with Gasteiger partial charge in [-0.1, -0.05) is 12.8 Å². The van der Waals surface area contributed by atoms with Gasteiger partial charge in [-0.2, -0.15) is 5.26 Å². The molecule has 9 heteroatoms. The normalized spacial score (nSPS) is 16.5. The molecule has 1 saturated carbocycles. The Morgan fingerprint density at radius 1 is 1.08 bits per heavy atom. The van der Waals surface area contributed by atoms with E-state index in [1.807, 2.05) is 45.0 Å². The molecule has 5 rings (SSSR count). The highest BCUT2D eigenvalue weighted by atomic mass is 16.6. The Balaban J connectivity index is 1.29. The fourth-order valence-corrected chi connectivity index (χ4v) is 5.28. The van der Waals surface area contributed by atoms with E-state index in [0.717, 1.165) is 61.1 Å². The number of carbonyl (C=O) groups excluding carboxylic acids is 1. The number of benzene rings is 1. The van der Waals surface area contributed by atoms with Crippen molar-refractivity contribution in [3.63, 3.8) is 0 Å². The van der Waals surface area contributed by atoms with E-state index < -0.39 is 5.60 Å². The standard InChI is InChI=1S/C29H34N6O3/c1-29(2,3)38-28(37)34-14-12-33(13-15-34)23-10-8-22(9-11-23)32-26-17-25-21(19-31-26)16-20(18-30)27(36)35(25)24-6-4-5-7-24/h8-11,16-17,19,24H,4-7,12-15H2,1-3H3,(H,31,32). The first-order valence-corrected chi connectivity index (χ1v) is 13.3. The summed E-state index contributed by atoms with van der Waals surface area (Å²) in [6.07, 6.45) is 5.54. The summed E-state index contributed by atoms with van der Waals surface area (Å²) in [7, 11) is 0. The minimum absolute atomic E-state index is 0.114. The van der Waals surface area contributed by atoms with Gasteiger partial charge in [0.1, 0.15) is 23.1 Å². The lowest BCUT2D eigenvalue weighted by molar-refractivity contribution is 0.0240. The number of nitrogens with zero attached hydrogens (tertiary/aromatic N) is 5. The van der Waals surface area contributed by atoms with Crippen molar-refractivity contribution in [1.82, 2.24) is 14.5 Å². The third-order valence-corrected chi connectivity index (χ3v) is 7.17. The zero-order valence-corrected chi connectivity index (χ0v) is 22.2. The van der Waals surface area contributed by atoms with E-state index in [9.17, 15) is 14.9 Å². The maximum atomic E-state index is 13.0. The molecule has 2 aromatic heterocycles. The molecule has 0 radical (unpaired) electrons. The second kappa shape index (κ2) is 10.4. The molecule has 1 N–H and O–H groups in total. The third-order valence-electron chi connectivity index (χ3n) is 7.17. The number of hydrogen-bond acceptors (Lipinski definition) is 7. The van der Waals surface area contributed by atoms with E-state index >= 15 is 0 Å². The molecule has 1 aliphatic heterocycles. The van der Waals surface area contributed by atoms with Crippen LogP contribution in [0.25, 0.3) is 10.9 Å². The molecule has 1 aromatic carbocycles. The number of rotatable bonds is 4. The lowest BCUT2D eigenvalue weighted by Gasteiger charge is -2.36. The Labute approximate surface area is 222 Å². The molecule has 3 aromatic rings. The van der Waals surface area contributed by atoms with Gasteiger partial charge in [0.15, 0.2) is 0 Å². The van der Waals surface area contributed by atoms with Crippen LogP contribution < -0.4 is 15.8 Å². The number of fused-ring (bicyclic) bond motifs is 1. The van der Waals surface area contributed by atoms with Crippen molar-refractivity contribution in [1.29, 1.82) is 5.26 Å². The number of anilines is 3. The quantitative estimate of drug-likeness (QED) is 0.511. The largest absolute Gasteiger partial charge is 0.444 e. The molecule has 3 heterocycles. The molecule has 0 unspecified atom stereocenters. The number of hydrogen-bond donors (Lipinski definition) is 1. The van der Waals surface area contributed by atoms with Crippen LogP contribution >= 0.6 is 0 Å². The number of pyridine rings is 2. The van der Waals surface area contributed by atoms with Gasteiger partial charge in [0.25, 0.3) is 5.56 Å². The van der Waals surface area contributed by atoms with E-state index in [0.29, 0.717) is 18.9 Å². The van der Waals surface area contributed by atoms with Gasteiger partial charge < -0.3 is 24.4 Å². The zero-order chi connectivity index (χ0) is 26.9. The van der Waals surface area contributed by atoms with Gasteiger partial charge in [-0.3, -0.25) is 4.79 Å². The Morgan fingerprint density at radius 3 is 2.39 bits per heavy atom. The Kier molecular flexibility index (Phi) is 6.98. The molecular weight excluding hydrogens is 480 g/mol. The average molecular weight is 515 g/mol. The van der Waals surface area contributed by atoms with Crippen molar-refractivity contribution < 1.29 is 9.53 Å². The lowest BCUT2D eigenvalue weighted by Crippen LogP contribution is -2.50. The minimum atomic E-state index is -0.495. The molecule has 2 fully saturated rings. The topological polar surface area (TPSA) is 103 Å². The fraction of sp³-hybridized carbons (Fsp3) is 0.448. The van der Waals surface area contributed by atoms with Gasteiger partial charge in [-0.25, -0.2) is 9.78 Å². The molecule has 198 valence electrons. The van der Waals surface area contributed by atoms with Crippen molar-refractivity contribution in [2.75, 3.05) is 36.4 Å². The summed E-state index contributed by atoms with van der Waals surface area (Å²) in [5.74, 6) is 0.645. The van der Waals surface area contributed by atoms with Gasteiger partial charge in [0.05, 0.1) is 5.52 Å². The van der Waals surface area contributed by atoms with Gasteiger partial charge in [0, 0.05) is 61.2 Å². The molecular formula is C29H34N6O3. The highest BCUT2D eigenvalue weighted by Crippen LogP contribution is 2.32. The number of nitrogens with one attached hydrogen (secondary N) is 1. The number of piperazine rings is 1. The number of aromatic nitrogens is 2. The van der Waals surface area contributed by atoms with Crippen LogP contribution in [-0.4, -0.2) is 52.3 Å². The van der Waals surface area contributed by atoms with Crippen molar-refractivity contribution in [3.05, 3.63) is 58.5 Å². The number of carbonyl (C=O) groups is 1. The fourth-order valence-electron chi connectivity index (χ4n) is 5.28. The van der Waals surface area contributed by atoms with Crippen LogP contribution in [0.1, 0.15) is 58.1 Å². The van der Waals surface area contributed by atoms with Gasteiger partial charge in [0.2, 0.25) is 0 Å². The molecule has 1 aliphatic carbocycles. The van der Waals surface area contributed by atoms with Crippen LogP contribution in [0.2, 0.25) is 0 Å². The number of ether oxygens (including phenoxy) is 1. The summed E-state index contributed by atoms with van der Waals surface area (Å²) in [5, 5.41) is 13.6. The third kappa shape index (κ3) is 5.44. The Bertz CT molecular complexity index is 1420. The summed E-state index contributed by atoms with van der Waals surface area (Å²) in [6.45, 7) is 8.34. The highest BCUT2D eigenvalue weighted by Gasteiger charge is 2.26. The highest BCUT2D eigenvalue weighted by molar-refractivity contribution is 5.83. The second-order valence-corrected chi connectivity index (χ2v) is 11.0. The van der Waals surface area contributed by atoms with Crippen LogP contribution in [0.5, 0.6) is 0 Å². The summed E-state index contributed by atoms with van der Waals surface area (Å²) in [6, 6.07) is 13.8. The maximum absolute atomic E-state index is 13.0. The van der Waals surface area contributed by atoms with Crippen molar-refractivity contribution in [2.24, 2.45) is 0 Å². The predicted octanol–water partition coefficient (Wildman–Crippen LogP) is 5.18. The predicted molar refractivity (Wildman–Crippen MR) is 148 cm³/mol. The zero-order valence-electron chi connectivity index (χ0n) is 22.2. The van der Waals surface area contributed by atoms with Crippen molar-refractivity contribution in [2.45, 2.75) is 58.1 Å². The van der Waals surface area contributed by atoms with Crippen molar-refractivity contribution in [3.8, 4) is 6.07 Å². The number of nitriles is 1. The molecule has 9 nitrogen and oxygen atoms in total. The molecule has 0 atom stereocenters. The maximum Gasteiger partial charge on any atom is 0.410 e. The molecule has 2 aliphatic rings. The summed E-state index contributed by atoms with van der Waals surface area (Å²) in [5.41, 5.74) is 2.22. The van der Waals surface area contributed by atoms with Crippen LogP contribution in [0.4, 0.5) is 22.0 Å². The van der Waals surface area contributed by atoms with Crippen LogP contribution in [0.3, 0.4) is 0 Å². The average Bonchev–Trinajstić information content (AvgIpc) is 3.42. The van der Waals surface area contributed by atoms with Gasteiger partial charge in [-0.05, 0) is 63.9 Å². The Hall–Kier alpha value is -4.06. The first kappa shape index (κ1) is 25.6. The molecule has 0 bridgehead atoms. The van der Waals surface area contributed by atoms with Crippen molar-refractivity contribution >= 4 is 34.2 Å². The molecule has 1 saturated heterocycles. The SMILES string of the molecule is CC(C)(C)OC(=O)N1CCN(c2ccc(Nc3cc4c(cn3)cc(C#N)c(=O)n4C3CCCC3)cc2)CC1. The first-order chi connectivity index (χ1) is 18.2. The van der Waals surface area contributed by atoms with Crippen LogP contribution in [0, 0.1) is 11.3 Å². The number of amides is 1. The smallest absolute Gasteiger partial charge is 0.410 e. The van der Waals surface area contributed by atoms with Crippen LogP contribution in [-0.2, 0) is 4.74 Å². The summed E-state index contributed by atoms with van der Waals surface area (Å²) >= 11 is 0. The van der Waals surface area contributed by atoms with E-state index in [-0.39, 0.29) is 23.3 Å². The van der Waals surface area contributed by atoms with Crippen LogP contribution in [0.15, 0.2) is 47.4 Å². The van der Waals surface area contributed by atoms with E-state index in [1.165, 1.54) is 0 Å². The second-order valence-electron chi connectivity index (χ2n) is 11.0. The lowest BCUT2D eigenvalue weighted by atomic mass is 10.1. The first-order valence-electron chi connectivity index (χ1n) is 13.3. The minimum Gasteiger partial charge on any atom is -0.444 e. The Morgan fingerprint density at radius 2 is 1.76 bits per heavy atom. The monoisotopic (exact) mass is 514 g/mol. The molecule has 38 heavy (non-hydrogen) atoms. The van der Waals surface area contributed by atoms with Gasteiger partial charge >= 0.3 is 6.09 Å². The van der Waals surface area contributed by atoms with E-state index in [1.54, 1.807) is 21.7 Å². The van der Waals surface area contributed by atoms with E-state index in [2.05, 4.69) is 27.3 Å². The molecule has 1 amide bonds. The summed E-state index contributed by atoms with van der Waals surface area (Å²) < 4.78 is 7.29. The van der Waals surface area contributed by atoms with E-state index in [4.69, 9.17) is 4.74 Å². The summed E-state index contributed by atoms with van der Waals surface area (Å²) in [4.78, 5) is 33.9. The molecule has 0 spiro atoms. The van der Waals surface area contributed by atoms with Gasteiger partial charge in [-0.15, -0.1) is 0 Å².